The molecule has 0 saturated carbocycles. The van der Waals surface area contributed by atoms with E-state index in [0.717, 1.165) is 38.2 Å². The minimum absolute atomic E-state index is 0.171. The van der Waals surface area contributed by atoms with Gasteiger partial charge in [-0.2, -0.15) is 0 Å². The Kier molecular flexibility index (Phi) is 6.54. The van der Waals surface area contributed by atoms with E-state index in [1.807, 2.05) is 0 Å². The predicted octanol–water partition coefficient (Wildman–Crippen LogP) is 1.53. The quantitative estimate of drug-likeness (QED) is 0.789. The minimum Gasteiger partial charge on any atom is -0.493 e. The van der Waals surface area contributed by atoms with Crippen LogP contribution in [0.4, 0.5) is 0 Å². The number of hydrogen-bond donors (Lipinski definition) is 1. The van der Waals surface area contributed by atoms with Gasteiger partial charge in [0.05, 0.1) is 20.4 Å². The van der Waals surface area contributed by atoms with Crippen LogP contribution in [0.5, 0.6) is 11.5 Å². The summed E-state index contributed by atoms with van der Waals surface area (Å²) < 4.78 is 10.8. The molecule has 1 aliphatic rings. The fourth-order valence-electron chi connectivity index (χ4n) is 3.27. The molecule has 8 nitrogen and oxygen atoms in total. The molecule has 8 heteroatoms. The molecule has 3 rings (SSSR count). The van der Waals surface area contributed by atoms with Crippen molar-refractivity contribution < 1.29 is 14.3 Å². The first-order chi connectivity index (χ1) is 13.2. The molecule has 2 aromatic heterocycles. The Morgan fingerprint density at radius 1 is 1.19 bits per heavy atom. The van der Waals surface area contributed by atoms with Gasteiger partial charge in [-0.15, -0.1) is 0 Å². The maximum Gasteiger partial charge on any atom is 0.271 e. The summed E-state index contributed by atoms with van der Waals surface area (Å²) in [4.78, 5) is 26.8. The van der Waals surface area contributed by atoms with E-state index >= 15 is 0 Å². The fourth-order valence-corrected chi connectivity index (χ4v) is 3.27. The van der Waals surface area contributed by atoms with E-state index in [1.54, 1.807) is 32.7 Å². The Morgan fingerprint density at radius 3 is 2.67 bits per heavy atom. The number of pyridine rings is 1. The molecule has 1 saturated heterocycles. The Bertz CT molecular complexity index is 748. The second kappa shape index (κ2) is 9.27. The summed E-state index contributed by atoms with van der Waals surface area (Å²) in [5, 5.41) is 2.96. The van der Waals surface area contributed by atoms with Crippen LogP contribution in [0.1, 0.15) is 29.0 Å². The first-order valence-corrected chi connectivity index (χ1v) is 9.03. The molecule has 0 atom stereocenters. The molecule has 2 aromatic rings. The summed E-state index contributed by atoms with van der Waals surface area (Å²) in [6.45, 7) is 3.28. The van der Waals surface area contributed by atoms with Gasteiger partial charge in [0.15, 0.2) is 11.5 Å². The van der Waals surface area contributed by atoms with Gasteiger partial charge in [0.1, 0.15) is 11.4 Å². The van der Waals surface area contributed by atoms with Crippen molar-refractivity contribution in [1.29, 1.82) is 0 Å². The molecule has 144 valence electrons. The molecule has 0 aliphatic carbocycles. The highest BCUT2D eigenvalue weighted by atomic mass is 16.5. The number of nitrogens with zero attached hydrogens (tertiary/aromatic N) is 4. The molecule has 1 fully saturated rings. The van der Waals surface area contributed by atoms with Crippen LogP contribution in [0.15, 0.2) is 30.9 Å². The highest BCUT2D eigenvalue weighted by molar-refractivity contribution is 5.91. The molecule has 3 heterocycles. The maximum atomic E-state index is 12.1. The van der Waals surface area contributed by atoms with Crippen molar-refractivity contribution in [2.75, 3.05) is 33.9 Å². The number of ether oxygens (including phenoxy) is 2. The summed E-state index contributed by atoms with van der Waals surface area (Å²) in [5.74, 6) is 1.68. The predicted molar refractivity (Wildman–Crippen MR) is 99.7 cm³/mol. The summed E-state index contributed by atoms with van der Waals surface area (Å²) >= 11 is 0. The lowest BCUT2D eigenvalue weighted by molar-refractivity contribution is 0.0929. The molecule has 1 N–H and O–H groups in total. The number of aromatic nitrogens is 3. The number of rotatable bonds is 7. The molecule has 27 heavy (non-hydrogen) atoms. The van der Waals surface area contributed by atoms with E-state index in [2.05, 4.69) is 25.2 Å². The van der Waals surface area contributed by atoms with Crippen molar-refractivity contribution in [3.05, 3.63) is 42.2 Å². The van der Waals surface area contributed by atoms with Crippen molar-refractivity contribution in [3.63, 3.8) is 0 Å². The number of carbonyl (C=O) groups excluding carboxylic acids is 1. The summed E-state index contributed by atoms with van der Waals surface area (Å²) in [6, 6.07) is 1.80. The number of methoxy groups -OCH3 is 2. The van der Waals surface area contributed by atoms with Crippen LogP contribution in [0.25, 0.3) is 0 Å². The van der Waals surface area contributed by atoms with Crippen molar-refractivity contribution in [2.24, 2.45) is 5.92 Å². The van der Waals surface area contributed by atoms with Gasteiger partial charge in [0.2, 0.25) is 0 Å². The smallest absolute Gasteiger partial charge is 0.271 e. The number of hydrogen-bond acceptors (Lipinski definition) is 7. The van der Waals surface area contributed by atoms with Gasteiger partial charge in [-0.1, -0.05) is 0 Å². The maximum absolute atomic E-state index is 12.1. The number of nitrogens with one attached hydrogen (secondary N) is 1. The number of piperidine rings is 1. The van der Waals surface area contributed by atoms with Crippen LogP contribution in [0.2, 0.25) is 0 Å². The Hall–Kier alpha value is -2.74. The van der Waals surface area contributed by atoms with Gasteiger partial charge >= 0.3 is 0 Å². The normalized spacial score (nSPS) is 15.3. The molecule has 0 bridgehead atoms. The molecule has 0 spiro atoms. The van der Waals surface area contributed by atoms with Crippen molar-refractivity contribution in [3.8, 4) is 11.5 Å². The number of carbonyl (C=O) groups is 1. The van der Waals surface area contributed by atoms with E-state index in [4.69, 9.17) is 9.47 Å². The molecule has 0 unspecified atom stereocenters. The van der Waals surface area contributed by atoms with Crippen LogP contribution < -0.4 is 14.8 Å². The largest absolute Gasteiger partial charge is 0.493 e. The van der Waals surface area contributed by atoms with Gasteiger partial charge in [0.25, 0.3) is 5.91 Å². The Morgan fingerprint density at radius 2 is 2.00 bits per heavy atom. The zero-order valence-electron chi connectivity index (χ0n) is 15.7. The highest BCUT2D eigenvalue weighted by Gasteiger charge is 2.22. The van der Waals surface area contributed by atoms with Gasteiger partial charge in [-0.25, -0.2) is 4.98 Å². The standard InChI is InChI=1S/C19H25N5O3/c1-26-17-3-6-21-16(18(17)27-2)13-24-9-4-14(5-10-24)11-23-19(25)15-12-20-7-8-22-15/h3,6-8,12,14H,4-5,9-11,13H2,1-2H3,(H,23,25). The summed E-state index contributed by atoms with van der Waals surface area (Å²) in [7, 11) is 3.26. The molecule has 0 radical (unpaired) electrons. The molecule has 1 amide bonds. The van der Waals surface area contributed by atoms with E-state index in [9.17, 15) is 4.79 Å². The second-order valence-corrected chi connectivity index (χ2v) is 6.51. The van der Waals surface area contributed by atoms with Gasteiger partial charge in [-0.3, -0.25) is 19.7 Å². The van der Waals surface area contributed by atoms with Crippen LogP contribution >= 0.6 is 0 Å². The number of likely N-dealkylation sites (tertiary alicyclic amines) is 1. The first kappa shape index (κ1) is 19.0. The average molecular weight is 371 g/mol. The van der Waals surface area contributed by atoms with Crippen LogP contribution in [-0.4, -0.2) is 59.6 Å². The van der Waals surface area contributed by atoms with Crippen molar-refractivity contribution in [2.45, 2.75) is 19.4 Å². The van der Waals surface area contributed by atoms with Crippen LogP contribution in [0, 0.1) is 5.92 Å². The van der Waals surface area contributed by atoms with Gasteiger partial charge < -0.3 is 14.8 Å². The SMILES string of the molecule is COc1ccnc(CN2CCC(CNC(=O)c3cnccn3)CC2)c1OC. The third kappa shape index (κ3) is 4.91. The lowest BCUT2D eigenvalue weighted by Crippen LogP contribution is -2.38. The highest BCUT2D eigenvalue weighted by Crippen LogP contribution is 2.30. The van der Waals surface area contributed by atoms with Crippen LogP contribution in [0.3, 0.4) is 0 Å². The lowest BCUT2D eigenvalue weighted by Gasteiger charge is -2.32. The van der Waals surface area contributed by atoms with E-state index in [-0.39, 0.29) is 5.91 Å². The van der Waals surface area contributed by atoms with E-state index in [0.29, 0.717) is 29.7 Å². The minimum atomic E-state index is -0.171. The summed E-state index contributed by atoms with van der Waals surface area (Å²) in [5.41, 5.74) is 1.23. The third-order valence-electron chi connectivity index (χ3n) is 4.79. The Balaban J connectivity index is 1.47. The van der Waals surface area contributed by atoms with E-state index in [1.165, 1.54) is 12.4 Å². The molecule has 1 aliphatic heterocycles. The topological polar surface area (TPSA) is 89.5 Å². The molecular weight excluding hydrogens is 346 g/mol. The Labute approximate surface area is 158 Å². The number of amides is 1. The summed E-state index contributed by atoms with van der Waals surface area (Å²) in [6.07, 6.45) is 8.34. The lowest BCUT2D eigenvalue weighted by atomic mass is 9.96. The molecular formula is C19H25N5O3. The van der Waals surface area contributed by atoms with Gasteiger partial charge in [0, 0.05) is 37.7 Å². The first-order valence-electron chi connectivity index (χ1n) is 9.03. The zero-order valence-corrected chi connectivity index (χ0v) is 15.7. The van der Waals surface area contributed by atoms with Crippen molar-refractivity contribution >= 4 is 5.91 Å². The third-order valence-corrected chi connectivity index (χ3v) is 4.79. The zero-order chi connectivity index (χ0) is 19.1. The van der Waals surface area contributed by atoms with Gasteiger partial charge in [-0.05, 0) is 31.8 Å². The molecule has 0 aromatic carbocycles. The van der Waals surface area contributed by atoms with E-state index < -0.39 is 0 Å². The monoisotopic (exact) mass is 371 g/mol. The average Bonchev–Trinajstić information content (AvgIpc) is 2.73. The fraction of sp³-hybridized carbons (Fsp3) is 0.474. The van der Waals surface area contributed by atoms with Crippen LogP contribution in [-0.2, 0) is 6.54 Å². The van der Waals surface area contributed by atoms with Crippen molar-refractivity contribution in [1.82, 2.24) is 25.2 Å². The second-order valence-electron chi connectivity index (χ2n) is 6.51.